The van der Waals surface area contributed by atoms with Crippen LogP contribution in [0.1, 0.15) is 5.56 Å². The number of nitrogens with zero attached hydrogens (tertiary/aromatic N) is 1. The summed E-state index contributed by atoms with van der Waals surface area (Å²) < 4.78 is 11.2. The molecule has 0 fully saturated rings. The Balaban J connectivity index is 2.01. The summed E-state index contributed by atoms with van der Waals surface area (Å²) in [4.78, 5) is 4.35. The third-order valence-electron chi connectivity index (χ3n) is 3.16. The molecule has 0 radical (unpaired) electrons. The van der Waals surface area contributed by atoms with Gasteiger partial charge in [0.25, 0.3) is 0 Å². The predicted molar refractivity (Wildman–Crippen MR) is 79.5 cm³/mol. The number of rotatable bonds is 3. The number of fused-ring (bicyclic) bond motifs is 1. The van der Waals surface area contributed by atoms with E-state index in [9.17, 15) is 0 Å². The SMILES string of the molecule is COc1ccc2c(Oc3ccc(C)cc3)ccnc2c1. The molecule has 3 heteroatoms. The molecule has 0 saturated carbocycles. The number of benzene rings is 2. The first-order chi connectivity index (χ1) is 9.76. The number of ether oxygens (including phenoxy) is 2. The van der Waals surface area contributed by atoms with Gasteiger partial charge in [0.2, 0.25) is 0 Å². The minimum absolute atomic E-state index is 0.789. The maximum Gasteiger partial charge on any atom is 0.138 e. The molecule has 0 unspecified atom stereocenters. The molecule has 3 rings (SSSR count). The molecule has 0 atom stereocenters. The van der Waals surface area contributed by atoms with Crippen molar-refractivity contribution in [3.8, 4) is 17.2 Å². The highest BCUT2D eigenvalue weighted by molar-refractivity contribution is 5.86. The Bertz CT molecular complexity index is 736. The van der Waals surface area contributed by atoms with Crippen LogP contribution >= 0.6 is 0 Å². The Labute approximate surface area is 117 Å². The highest BCUT2D eigenvalue weighted by Crippen LogP contribution is 2.30. The van der Waals surface area contributed by atoms with Crippen molar-refractivity contribution in [1.29, 1.82) is 0 Å². The van der Waals surface area contributed by atoms with E-state index in [-0.39, 0.29) is 0 Å². The van der Waals surface area contributed by atoms with Crippen LogP contribution in [0.5, 0.6) is 17.2 Å². The maximum atomic E-state index is 5.94. The van der Waals surface area contributed by atoms with Crippen molar-refractivity contribution in [1.82, 2.24) is 4.98 Å². The predicted octanol–water partition coefficient (Wildman–Crippen LogP) is 4.34. The lowest BCUT2D eigenvalue weighted by Gasteiger charge is -2.09. The first-order valence-electron chi connectivity index (χ1n) is 6.43. The van der Waals surface area contributed by atoms with E-state index in [0.717, 1.165) is 28.2 Å². The highest BCUT2D eigenvalue weighted by Gasteiger charge is 2.05. The lowest BCUT2D eigenvalue weighted by Crippen LogP contribution is -1.89. The van der Waals surface area contributed by atoms with Gasteiger partial charge in [-0.25, -0.2) is 0 Å². The molecule has 20 heavy (non-hydrogen) atoms. The molecule has 100 valence electrons. The van der Waals surface area contributed by atoms with E-state index in [0.29, 0.717) is 0 Å². The van der Waals surface area contributed by atoms with Gasteiger partial charge >= 0.3 is 0 Å². The summed E-state index contributed by atoms with van der Waals surface area (Å²) >= 11 is 0. The van der Waals surface area contributed by atoms with Gasteiger partial charge in [-0.3, -0.25) is 4.98 Å². The minimum Gasteiger partial charge on any atom is -0.497 e. The smallest absolute Gasteiger partial charge is 0.138 e. The van der Waals surface area contributed by atoms with E-state index in [1.54, 1.807) is 13.3 Å². The molecule has 0 bridgehead atoms. The molecule has 3 nitrogen and oxygen atoms in total. The van der Waals surface area contributed by atoms with Crippen LogP contribution in [-0.4, -0.2) is 12.1 Å². The zero-order chi connectivity index (χ0) is 13.9. The summed E-state index contributed by atoms with van der Waals surface area (Å²) in [5, 5.41) is 0.967. The van der Waals surface area contributed by atoms with Crippen molar-refractivity contribution in [2.24, 2.45) is 0 Å². The third kappa shape index (κ3) is 2.43. The van der Waals surface area contributed by atoms with Crippen LogP contribution in [0.2, 0.25) is 0 Å². The standard InChI is InChI=1S/C17H15NO2/c1-12-3-5-13(6-4-12)20-17-9-10-18-16-11-14(19-2)7-8-15(16)17/h3-11H,1-2H3. The summed E-state index contributed by atoms with van der Waals surface area (Å²) in [6.45, 7) is 2.05. The van der Waals surface area contributed by atoms with E-state index < -0.39 is 0 Å². The van der Waals surface area contributed by atoms with E-state index in [1.807, 2.05) is 48.5 Å². The number of hydrogen-bond donors (Lipinski definition) is 0. The average Bonchev–Trinajstić information content (AvgIpc) is 2.49. The van der Waals surface area contributed by atoms with Gasteiger partial charge in [0.15, 0.2) is 0 Å². The second-order valence-corrected chi connectivity index (χ2v) is 4.61. The van der Waals surface area contributed by atoms with Crippen molar-refractivity contribution in [2.75, 3.05) is 7.11 Å². The minimum atomic E-state index is 0.789. The molecule has 0 aliphatic heterocycles. The Kier molecular flexibility index (Phi) is 3.25. The molecule has 0 N–H and O–H groups in total. The summed E-state index contributed by atoms with van der Waals surface area (Å²) in [6, 6.07) is 15.6. The molecule has 0 aliphatic carbocycles. The molecule has 3 aromatic rings. The molecule has 0 spiro atoms. The Morgan fingerprint density at radius 3 is 2.40 bits per heavy atom. The summed E-state index contributed by atoms with van der Waals surface area (Å²) in [7, 11) is 1.65. The molecule has 0 aliphatic rings. The van der Waals surface area contributed by atoms with Crippen molar-refractivity contribution in [3.63, 3.8) is 0 Å². The van der Waals surface area contributed by atoms with Gasteiger partial charge in [-0.05, 0) is 37.3 Å². The monoisotopic (exact) mass is 265 g/mol. The fourth-order valence-corrected chi connectivity index (χ4v) is 2.05. The molecule has 0 amide bonds. The van der Waals surface area contributed by atoms with Crippen LogP contribution in [-0.2, 0) is 0 Å². The first kappa shape index (κ1) is 12.5. The number of aryl methyl sites for hydroxylation is 1. The van der Waals surface area contributed by atoms with E-state index in [1.165, 1.54) is 5.56 Å². The average molecular weight is 265 g/mol. The van der Waals surface area contributed by atoms with E-state index in [4.69, 9.17) is 9.47 Å². The van der Waals surface area contributed by atoms with Crippen molar-refractivity contribution in [2.45, 2.75) is 6.92 Å². The third-order valence-corrected chi connectivity index (χ3v) is 3.16. The lowest BCUT2D eigenvalue weighted by atomic mass is 10.2. The normalized spacial score (nSPS) is 10.5. The summed E-state index contributed by atoms with van der Waals surface area (Å²) in [5.74, 6) is 2.40. The Hall–Kier alpha value is -2.55. The number of methoxy groups -OCH3 is 1. The summed E-state index contributed by atoms with van der Waals surface area (Å²) in [6.07, 6.45) is 1.74. The fraction of sp³-hybridized carbons (Fsp3) is 0.118. The highest BCUT2D eigenvalue weighted by atomic mass is 16.5. The summed E-state index contributed by atoms with van der Waals surface area (Å²) in [5.41, 5.74) is 2.07. The number of hydrogen-bond acceptors (Lipinski definition) is 3. The topological polar surface area (TPSA) is 31.4 Å². The molecule has 1 heterocycles. The van der Waals surface area contributed by atoms with Crippen LogP contribution in [0.4, 0.5) is 0 Å². The molecule has 0 saturated heterocycles. The maximum absolute atomic E-state index is 5.94. The van der Waals surface area contributed by atoms with E-state index in [2.05, 4.69) is 11.9 Å². The first-order valence-corrected chi connectivity index (χ1v) is 6.43. The second kappa shape index (κ2) is 5.21. The number of pyridine rings is 1. The van der Waals surface area contributed by atoms with Crippen LogP contribution in [0, 0.1) is 6.92 Å². The fourth-order valence-electron chi connectivity index (χ4n) is 2.05. The zero-order valence-corrected chi connectivity index (χ0v) is 11.5. The van der Waals surface area contributed by atoms with Gasteiger partial charge in [0, 0.05) is 17.6 Å². The number of aromatic nitrogens is 1. The molecular weight excluding hydrogens is 250 g/mol. The molecule has 1 aromatic heterocycles. The molecular formula is C17H15NO2. The van der Waals surface area contributed by atoms with Crippen molar-refractivity contribution in [3.05, 3.63) is 60.3 Å². The van der Waals surface area contributed by atoms with Gasteiger partial charge in [-0.2, -0.15) is 0 Å². The van der Waals surface area contributed by atoms with Gasteiger partial charge in [-0.1, -0.05) is 17.7 Å². The van der Waals surface area contributed by atoms with E-state index >= 15 is 0 Å². The van der Waals surface area contributed by atoms with Gasteiger partial charge in [0.1, 0.15) is 17.2 Å². The zero-order valence-electron chi connectivity index (χ0n) is 11.5. The Morgan fingerprint density at radius 1 is 0.900 bits per heavy atom. The van der Waals surface area contributed by atoms with Crippen LogP contribution < -0.4 is 9.47 Å². The van der Waals surface area contributed by atoms with Crippen molar-refractivity contribution < 1.29 is 9.47 Å². The van der Waals surface area contributed by atoms with Crippen LogP contribution in [0.3, 0.4) is 0 Å². The second-order valence-electron chi connectivity index (χ2n) is 4.61. The van der Waals surface area contributed by atoms with Gasteiger partial charge < -0.3 is 9.47 Å². The Morgan fingerprint density at radius 2 is 1.65 bits per heavy atom. The van der Waals surface area contributed by atoms with Crippen molar-refractivity contribution >= 4 is 10.9 Å². The quantitative estimate of drug-likeness (QED) is 0.705. The largest absolute Gasteiger partial charge is 0.497 e. The van der Waals surface area contributed by atoms with Gasteiger partial charge in [0.05, 0.1) is 12.6 Å². The van der Waals surface area contributed by atoms with Crippen LogP contribution in [0.25, 0.3) is 10.9 Å². The lowest BCUT2D eigenvalue weighted by molar-refractivity contribution is 0.415. The molecule has 2 aromatic carbocycles. The van der Waals surface area contributed by atoms with Gasteiger partial charge in [-0.15, -0.1) is 0 Å². The van der Waals surface area contributed by atoms with Crippen LogP contribution in [0.15, 0.2) is 54.7 Å².